The van der Waals surface area contributed by atoms with Crippen molar-refractivity contribution in [3.63, 3.8) is 0 Å². The van der Waals surface area contributed by atoms with Gasteiger partial charge in [-0.2, -0.15) is 11.8 Å². The predicted octanol–water partition coefficient (Wildman–Crippen LogP) is -1.57. The van der Waals surface area contributed by atoms with Crippen molar-refractivity contribution < 1.29 is 68.7 Å². The lowest BCUT2D eigenvalue weighted by Crippen LogP contribution is -2.59. The summed E-state index contributed by atoms with van der Waals surface area (Å²) in [5, 5.41) is 59.7. The molecule has 0 spiro atoms. The van der Waals surface area contributed by atoms with E-state index < -0.39 is 108 Å². The van der Waals surface area contributed by atoms with Gasteiger partial charge in [-0.25, -0.2) is 4.79 Å². The minimum atomic E-state index is -1.78. The topological polar surface area (TPSA) is 344 Å². The molecule has 6 amide bonds. The van der Waals surface area contributed by atoms with Gasteiger partial charge in [0.2, 0.25) is 35.4 Å². The Labute approximate surface area is 354 Å². The lowest BCUT2D eigenvalue weighted by Gasteiger charge is -2.28. The minimum Gasteiger partial charge on any atom is -0.508 e. The van der Waals surface area contributed by atoms with Crippen molar-refractivity contribution in [2.75, 3.05) is 18.6 Å². The highest BCUT2D eigenvalue weighted by Crippen LogP contribution is 2.20. The fourth-order valence-corrected chi connectivity index (χ4v) is 6.78. The molecule has 22 heteroatoms. The summed E-state index contributed by atoms with van der Waals surface area (Å²) in [4.78, 5) is 117. The molecule has 0 unspecified atom stereocenters. The van der Waals surface area contributed by atoms with Gasteiger partial charge in [0.15, 0.2) is 0 Å². The number of nitrogens with one attached hydrogen (secondary N) is 5. The number of amides is 6. The van der Waals surface area contributed by atoms with E-state index in [9.17, 15) is 63.6 Å². The van der Waals surface area contributed by atoms with E-state index in [0.717, 1.165) is 4.90 Å². The number of aliphatic carboxylic acids is 3. The molecule has 0 radical (unpaired) electrons. The minimum absolute atomic E-state index is 0.0221. The molecule has 1 fully saturated rings. The third-order valence-corrected chi connectivity index (χ3v) is 10.2. The van der Waals surface area contributed by atoms with E-state index in [4.69, 9.17) is 10.8 Å². The number of rotatable bonds is 23. The third-order valence-electron chi connectivity index (χ3n) is 9.56. The maximum Gasteiger partial charge on any atom is 0.326 e. The first-order valence-corrected chi connectivity index (χ1v) is 20.5. The first-order valence-electron chi connectivity index (χ1n) is 19.1. The van der Waals surface area contributed by atoms with E-state index in [1.54, 1.807) is 6.26 Å². The van der Waals surface area contributed by atoms with E-state index >= 15 is 0 Å². The molecule has 2 aromatic rings. The Bertz CT molecular complexity index is 1920. The Kier molecular flexibility index (Phi) is 18.8. The van der Waals surface area contributed by atoms with Crippen molar-refractivity contribution in [3.8, 4) is 11.5 Å². The molecule has 1 saturated heterocycles. The predicted molar refractivity (Wildman–Crippen MR) is 217 cm³/mol. The fraction of sp³-hybridized carbons (Fsp3) is 0.462. The highest BCUT2D eigenvalue weighted by Gasteiger charge is 2.39. The SMILES string of the molecule is CSCC[C@H](NC(=O)[C@H](C)NC(=O)[C@H](Cc1ccc(O)cc1)NC(=O)[C@@H]1CCCN1C(=O)[C@@H](N)CC(=O)O)C(=O)N[C@@H](CC(=O)O)C(=O)N[C@@H](Cc1ccc(O)cc1)C(=O)O. The van der Waals surface area contributed by atoms with Crippen LogP contribution in [0, 0.1) is 0 Å². The Morgan fingerprint density at radius 1 is 0.689 bits per heavy atom. The number of phenols is 2. The summed E-state index contributed by atoms with van der Waals surface area (Å²) in [6, 6.07) is 1.30. The lowest BCUT2D eigenvalue weighted by molar-refractivity contribution is -0.144. The molecule has 2 aromatic carbocycles. The molecular weight excluding hydrogens is 823 g/mol. The monoisotopic (exact) mass is 873 g/mol. The van der Waals surface area contributed by atoms with Crippen molar-refractivity contribution >= 4 is 65.1 Å². The van der Waals surface area contributed by atoms with Crippen LogP contribution < -0.4 is 32.3 Å². The average molecular weight is 874 g/mol. The van der Waals surface area contributed by atoms with E-state index in [1.165, 1.54) is 67.2 Å². The fourth-order valence-electron chi connectivity index (χ4n) is 6.31. The maximum absolute atomic E-state index is 13.7. The number of hydrogen-bond donors (Lipinski definition) is 11. The van der Waals surface area contributed by atoms with Crippen molar-refractivity contribution in [2.24, 2.45) is 5.73 Å². The van der Waals surface area contributed by atoms with Crippen LogP contribution in [0.2, 0.25) is 0 Å². The van der Waals surface area contributed by atoms with Crippen LogP contribution >= 0.6 is 11.8 Å². The first kappa shape index (κ1) is 48.9. The highest BCUT2D eigenvalue weighted by atomic mass is 32.2. The van der Waals surface area contributed by atoms with E-state index in [-0.39, 0.29) is 43.7 Å². The molecule has 3 rings (SSSR count). The van der Waals surface area contributed by atoms with Crippen LogP contribution in [0.5, 0.6) is 11.5 Å². The molecule has 1 aliphatic rings. The number of aromatic hydroxyl groups is 2. The standard InChI is InChI=1S/C39H51N7O14S/c1-20(41-35(55)27(16-21-5-9-23(47)10-6-21)44-37(57)30-4-3-14-46(30)38(58)25(40)18-31(49)50)33(53)42-26(13-15-61-2)34(54)43-28(19-32(51)52)36(56)45-29(39(59)60)17-22-7-11-24(48)12-8-22/h5-12,20,25-30,47-48H,3-4,13-19,40H2,1-2H3,(H,41,55)(H,42,53)(H,43,54)(H,44,57)(H,45,56)(H,49,50)(H,51,52)(H,59,60)/t20-,25-,26-,27-,28-,29-,30-/m0/s1. The number of likely N-dealkylation sites (tertiary alicyclic amines) is 1. The van der Waals surface area contributed by atoms with Crippen LogP contribution in [0.15, 0.2) is 48.5 Å². The van der Waals surface area contributed by atoms with E-state index in [0.29, 0.717) is 23.3 Å². The van der Waals surface area contributed by atoms with Crippen LogP contribution in [0.1, 0.15) is 50.2 Å². The van der Waals surface area contributed by atoms with Gasteiger partial charge in [0.1, 0.15) is 47.8 Å². The molecule has 1 aliphatic heterocycles. The van der Waals surface area contributed by atoms with Crippen LogP contribution in [0.3, 0.4) is 0 Å². The number of nitrogens with two attached hydrogens (primary N) is 1. The maximum atomic E-state index is 13.7. The third kappa shape index (κ3) is 15.6. The second-order valence-electron chi connectivity index (χ2n) is 14.3. The Morgan fingerprint density at radius 3 is 1.70 bits per heavy atom. The molecular formula is C39H51N7O14S. The largest absolute Gasteiger partial charge is 0.508 e. The normalized spacial score (nSPS) is 16.4. The number of hydrogen-bond acceptors (Lipinski definition) is 13. The Hall–Kier alpha value is -6.42. The summed E-state index contributed by atoms with van der Waals surface area (Å²) < 4.78 is 0. The van der Waals surface area contributed by atoms with Crippen molar-refractivity contribution in [2.45, 2.75) is 94.2 Å². The van der Waals surface area contributed by atoms with Gasteiger partial charge in [0.05, 0.1) is 18.9 Å². The molecule has 0 saturated carbocycles. The molecule has 0 bridgehead atoms. The van der Waals surface area contributed by atoms with Gasteiger partial charge in [-0.05, 0) is 73.6 Å². The molecule has 61 heavy (non-hydrogen) atoms. The summed E-state index contributed by atoms with van der Waals surface area (Å²) in [6.07, 6.45) is 0.282. The second-order valence-corrected chi connectivity index (χ2v) is 15.3. The van der Waals surface area contributed by atoms with Crippen molar-refractivity contribution in [1.82, 2.24) is 31.5 Å². The van der Waals surface area contributed by atoms with Crippen LogP contribution in [0.25, 0.3) is 0 Å². The number of carbonyl (C=O) groups excluding carboxylic acids is 6. The number of benzene rings is 2. The first-order chi connectivity index (χ1) is 28.8. The Balaban J connectivity index is 1.75. The number of thioether (sulfide) groups is 1. The van der Waals surface area contributed by atoms with Gasteiger partial charge in [-0.3, -0.25) is 38.4 Å². The average Bonchev–Trinajstić information content (AvgIpc) is 3.69. The summed E-state index contributed by atoms with van der Waals surface area (Å²) in [7, 11) is 0. The molecule has 1 heterocycles. The zero-order chi connectivity index (χ0) is 45.4. The van der Waals surface area contributed by atoms with Gasteiger partial charge < -0.3 is 62.8 Å². The van der Waals surface area contributed by atoms with Gasteiger partial charge >= 0.3 is 17.9 Å². The van der Waals surface area contributed by atoms with Gasteiger partial charge in [-0.1, -0.05) is 24.3 Å². The summed E-state index contributed by atoms with van der Waals surface area (Å²) in [6.45, 7) is 1.41. The number of phenolic OH excluding ortho intramolecular Hbond substituents is 2. The summed E-state index contributed by atoms with van der Waals surface area (Å²) in [5.41, 5.74) is 6.69. The number of carboxylic acid groups (broad SMARTS) is 3. The zero-order valence-electron chi connectivity index (χ0n) is 33.4. The molecule has 332 valence electrons. The summed E-state index contributed by atoms with van der Waals surface area (Å²) >= 11 is 1.30. The van der Waals surface area contributed by atoms with Gasteiger partial charge in [-0.15, -0.1) is 0 Å². The lowest BCUT2D eigenvalue weighted by atomic mass is 10.0. The number of carbonyl (C=O) groups is 9. The van der Waals surface area contributed by atoms with E-state index in [1.807, 2.05) is 0 Å². The molecule has 12 N–H and O–H groups in total. The van der Waals surface area contributed by atoms with Gasteiger partial charge in [0, 0.05) is 19.4 Å². The molecule has 7 atom stereocenters. The van der Waals surface area contributed by atoms with E-state index in [2.05, 4.69) is 26.6 Å². The zero-order valence-corrected chi connectivity index (χ0v) is 34.2. The highest BCUT2D eigenvalue weighted by molar-refractivity contribution is 7.98. The van der Waals surface area contributed by atoms with Crippen LogP contribution in [-0.2, 0) is 56.0 Å². The van der Waals surface area contributed by atoms with Crippen molar-refractivity contribution in [1.29, 1.82) is 0 Å². The number of carboxylic acids is 3. The summed E-state index contributed by atoms with van der Waals surface area (Å²) in [5.74, 6) is -9.47. The molecule has 0 aliphatic carbocycles. The Morgan fingerprint density at radius 2 is 1.18 bits per heavy atom. The molecule has 21 nitrogen and oxygen atoms in total. The van der Waals surface area contributed by atoms with Crippen LogP contribution in [0.4, 0.5) is 0 Å². The smallest absolute Gasteiger partial charge is 0.326 e. The second kappa shape index (κ2) is 23.4. The van der Waals surface area contributed by atoms with Gasteiger partial charge in [0.25, 0.3) is 0 Å². The quantitative estimate of drug-likeness (QED) is 0.0601. The number of nitrogens with zero attached hydrogens (tertiary/aromatic N) is 1. The van der Waals surface area contributed by atoms with Crippen LogP contribution in [-0.4, -0.2) is 145 Å². The molecule has 0 aromatic heterocycles. The van der Waals surface area contributed by atoms with Crippen molar-refractivity contribution in [3.05, 3.63) is 59.7 Å².